The van der Waals surface area contributed by atoms with Gasteiger partial charge in [-0.05, 0) is 31.5 Å². The molecule has 0 bridgehead atoms. The highest BCUT2D eigenvalue weighted by molar-refractivity contribution is 9.10. The van der Waals surface area contributed by atoms with Crippen LogP contribution in [0.3, 0.4) is 0 Å². The van der Waals surface area contributed by atoms with Gasteiger partial charge in [0.25, 0.3) is 10.0 Å². The second kappa shape index (κ2) is 5.70. The minimum Gasteiger partial charge on any atom is -0.478 e. The number of nitrogens with one attached hydrogen (secondary N) is 1. The normalized spacial score (nSPS) is 11.4. The maximum Gasteiger partial charge on any atom is 0.335 e. The van der Waals surface area contributed by atoms with Crippen LogP contribution in [0.5, 0.6) is 0 Å². The Hall–Kier alpha value is -1.52. The summed E-state index contributed by atoms with van der Waals surface area (Å²) in [4.78, 5) is 10.9. The Balaban J connectivity index is 2.51. The number of carbonyl (C=O) groups is 1. The van der Waals surface area contributed by atoms with Crippen LogP contribution in [0.15, 0.2) is 21.5 Å². The molecule has 0 saturated heterocycles. The Labute approximate surface area is 133 Å². The van der Waals surface area contributed by atoms with Gasteiger partial charge < -0.3 is 5.11 Å². The van der Waals surface area contributed by atoms with Gasteiger partial charge in [-0.25, -0.2) is 13.2 Å². The molecule has 21 heavy (non-hydrogen) atoms. The van der Waals surface area contributed by atoms with Crippen LogP contribution in [0.2, 0.25) is 0 Å². The number of halogens is 1. The summed E-state index contributed by atoms with van der Waals surface area (Å²) in [5, 5.41) is 17.2. The highest BCUT2D eigenvalue weighted by Crippen LogP contribution is 2.28. The minimum absolute atomic E-state index is 0.123. The lowest BCUT2D eigenvalue weighted by Crippen LogP contribution is -2.15. The zero-order valence-electron chi connectivity index (χ0n) is 10.9. The molecule has 2 rings (SSSR count). The molecule has 0 aliphatic carbocycles. The van der Waals surface area contributed by atoms with E-state index in [-0.39, 0.29) is 15.6 Å². The molecule has 2 N–H and O–H groups in total. The standard InChI is InChI=1S/C11H10BrN3O4S2/c1-5-8(12)3-7(10(16)17)4-9(5)21(18,19)15-11-14-13-6(2)20-11/h3-4H,1-2H3,(H,14,15)(H,16,17). The molecule has 0 aliphatic heterocycles. The van der Waals surface area contributed by atoms with Gasteiger partial charge >= 0.3 is 5.97 Å². The Morgan fingerprint density at radius 1 is 1.33 bits per heavy atom. The van der Waals surface area contributed by atoms with Crippen LogP contribution >= 0.6 is 27.3 Å². The van der Waals surface area contributed by atoms with Gasteiger partial charge in [-0.15, -0.1) is 10.2 Å². The molecule has 1 aromatic heterocycles. The van der Waals surface area contributed by atoms with E-state index < -0.39 is 16.0 Å². The maximum absolute atomic E-state index is 12.4. The molecule has 1 heterocycles. The summed E-state index contributed by atoms with van der Waals surface area (Å²) in [6.07, 6.45) is 0. The molecule has 0 aliphatic rings. The van der Waals surface area contributed by atoms with E-state index in [1.807, 2.05) is 0 Å². The second-order valence-electron chi connectivity index (χ2n) is 4.12. The summed E-state index contributed by atoms with van der Waals surface area (Å²) < 4.78 is 27.4. The van der Waals surface area contributed by atoms with Crippen molar-refractivity contribution in [2.45, 2.75) is 18.7 Å². The van der Waals surface area contributed by atoms with Gasteiger partial charge in [0.2, 0.25) is 5.13 Å². The third kappa shape index (κ3) is 3.39. The van der Waals surface area contributed by atoms with Crippen LogP contribution in [-0.2, 0) is 10.0 Å². The van der Waals surface area contributed by atoms with E-state index in [4.69, 9.17) is 5.11 Å². The average molecular weight is 392 g/mol. The van der Waals surface area contributed by atoms with Crippen molar-refractivity contribution in [1.29, 1.82) is 0 Å². The van der Waals surface area contributed by atoms with Crippen molar-refractivity contribution in [3.8, 4) is 0 Å². The highest BCUT2D eigenvalue weighted by Gasteiger charge is 2.22. The van der Waals surface area contributed by atoms with E-state index in [1.54, 1.807) is 13.8 Å². The van der Waals surface area contributed by atoms with Crippen LogP contribution in [0, 0.1) is 13.8 Å². The Bertz CT molecular complexity index is 817. The maximum atomic E-state index is 12.4. The zero-order chi connectivity index (χ0) is 15.8. The summed E-state index contributed by atoms with van der Waals surface area (Å²) in [5.41, 5.74) is 0.287. The van der Waals surface area contributed by atoms with Crippen LogP contribution in [0.25, 0.3) is 0 Å². The van der Waals surface area contributed by atoms with Gasteiger partial charge in [0.1, 0.15) is 5.01 Å². The number of hydrogen-bond acceptors (Lipinski definition) is 6. The van der Waals surface area contributed by atoms with Gasteiger partial charge in [-0.2, -0.15) is 0 Å². The molecule has 10 heteroatoms. The van der Waals surface area contributed by atoms with Crippen molar-refractivity contribution < 1.29 is 18.3 Å². The van der Waals surface area contributed by atoms with Gasteiger partial charge in [0, 0.05) is 4.47 Å². The fourth-order valence-electron chi connectivity index (χ4n) is 1.56. The smallest absolute Gasteiger partial charge is 0.335 e. The van der Waals surface area contributed by atoms with Crippen LogP contribution in [0.1, 0.15) is 20.9 Å². The van der Waals surface area contributed by atoms with E-state index in [9.17, 15) is 13.2 Å². The van der Waals surface area contributed by atoms with Crippen molar-refractivity contribution in [3.05, 3.63) is 32.7 Å². The highest BCUT2D eigenvalue weighted by atomic mass is 79.9. The second-order valence-corrected chi connectivity index (χ2v) is 7.80. The van der Waals surface area contributed by atoms with Crippen molar-refractivity contribution in [3.63, 3.8) is 0 Å². The van der Waals surface area contributed by atoms with E-state index in [0.29, 0.717) is 15.0 Å². The summed E-state index contributed by atoms with van der Waals surface area (Å²) in [6.45, 7) is 3.28. The van der Waals surface area contributed by atoms with Crippen molar-refractivity contribution in [2.75, 3.05) is 4.72 Å². The zero-order valence-corrected chi connectivity index (χ0v) is 14.1. The number of rotatable bonds is 4. The molecular formula is C11H10BrN3O4S2. The summed E-state index contributed by atoms with van der Waals surface area (Å²) >= 11 is 4.26. The van der Waals surface area contributed by atoms with E-state index in [2.05, 4.69) is 30.8 Å². The molecule has 0 spiro atoms. The fraction of sp³-hybridized carbons (Fsp3) is 0.182. The topological polar surface area (TPSA) is 109 Å². The van der Waals surface area contributed by atoms with Gasteiger partial charge in [-0.3, -0.25) is 4.72 Å². The predicted molar refractivity (Wildman–Crippen MR) is 81.3 cm³/mol. The molecule has 2 aromatic rings. The molecule has 7 nitrogen and oxygen atoms in total. The van der Waals surface area contributed by atoms with Crippen molar-refractivity contribution >= 4 is 48.4 Å². The third-order valence-electron chi connectivity index (χ3n) is 2.58. The predicted octanol–water partition coefficient (Wildman–Crippen LogP) is 2.42. The SMILES string of the molecule is Cc1nnc(NS(=O)(=O)c2cc(C(=O)O)cc(Br)c2C)s1. The van der Waals surface area contributed by atoms with Crippen LogP contribution in [0.4, 0.5) is 5.13 Å². The lowest BCUT2D eigenvalue weighted by molar-refractivity contribution is 0.0696. The van der Waals surface area contributed by atoms with Crippen LogP contribution in [-0.4, -0.2) is 29.7 Å². The van der Waals surface area contributed by atoms with Gasteiger partial charge in [0.05, 0.1) is 10.5 Å². The van der Waals surface area contributed by atoms with Gasteiger partial charge in [-0.1, -0.05) is 27.3 Å². The number of aromatic carboxylic acids is 1. The number of hydrogen-bond donors (Lipinski definition) is 2. The van der Waals surface area contributed by atoms with E-state index >= 15 is 0 Å². The van der Waals surface area contributed by atoms with Crippen molar-refractivity contribution in [1.82, 2.24) is 10.2 Å². The molecule has 0 unspecified atom stereocenters. The first-order chi connectivity index (χ1) is 9.70. The number of carboxylic acids is 1. The number of aryl methyl sites for hydroxylation is 1. The molecule has 0 saturated carbocycles. The number of aromatic nitrogens is 2. The monoisotopic (exact) mass is 391 g/mol. The summed E-state index contributed by atoms with van der Waals surface area (Å²) in [5.74, 6) is -1.21. The molecule has 0 radical (unpaired) electrons. The molecule has 0 amide bonds. The fourth-order valence-corrected chi connectivity index (χ4v) is 4.27. The Kier molecular flexibility index (Phi) is 4.30. The van der Waals surface area contributed by atoms with Gasteiger partial charge in [0.15, 0.2) is 0 Å². The third-order valence-corrected chi connectivity index (χ3v) is 5.75. The first kappa shape index (κ1) is 15.9. The number of benzene rings is 1. The molecule has 0 atom stereocenters. The first-order valence-electron chi connectivity index (χ1n) is 5.57. The summed E-state index contributed by atoms with van der Waals surface area (Å²) in [6, 6.07) is 2.46. The van der Waals surface area contributed by atoms with E-state index in [0.717, 1.165) is 17.4 Å². The number of nitrogens with zero attached hydrogens (tertiary/aromatic N) is 2. The lowest BCUT2D eigenvalue weighted by Gasteiger charge is -2.10. The quantitative estimate of drug-likeness (QED) is 0.827. The summed E-state index contributed by atoms with van der Waals surface area (Å²) in [7, 11) is -3.94. The van der Waals surface area contributed by atoms with Crippen LogP contribution < -0.4 is 4.72 Å². The number of anilines is 1. The average Bonchev–Trinajstić information content (AvgIpc) is 2.76. The molecule has 112 valence electrons. The molecule has 1 aromatic carbocycles. The minimum atomic E-state index is -3.94. The molecule has 0 fully saturated rings. The Morgan fingerprint density at radius 2 is 2.00 bits per heavy atom. The first-order valence-corrected chi connectivity index (χ1v) is 8.66. The molecular weight excluding hydrogens is 382 g/mol. The lowest BCUT2D eigenvalue weighted by atomic mass is 10.1. The number of carboxylic acid groups (broad SMARTS) is 1. The number of sulfonamides is 1. The van der Waals surface area contributed by atoms with Crippen molar-refractivity contribution in [2.24, 2.45) is 0 Å². The Morgan fingerprint density at radius 3 is 2.52 bits per heavy atom. The largest absolute Gasteiger partial charge is 0.478 e. The van der Waals surface area contributed by atoms with E-state index in [1.165, 1.54) is 6.07 Å².